The first-order valence-electron chi connectivity index (χ1n) is 7.66. The molecular formula is C19H16N2O4. The van der Waals surface area contributed by atoms with Crippen molar-refractivity contribution in [2.24, 2.45) is 0 Å². The average Bonchev–Trinajstić information content (AvgIpc) is 2.56. The molecule has 126 valence electrons. The Morgan fingerprint density at radius 2 is 2.00 bits per heavy atom. The third-order valence-electron chi connectivity index (χ3n) is 4.39. The minimum Gasteiger partial charge on any atom is -0.483 e. The van der Waals surface area contributed by atoms with Crippen LogP contribution in [0.1, 0.15) is 42.3 Å². The molecule has 1 aromatic carbocycles. The number of carbonyl (C=O) groups is 1. The highest BCUT2D eigenvalue weighted by Crippen LogP contribution is 2.41. The number of aromatic nitrogens is 1. The summed E-state index contributed by atoms with van der Waals surface area (Å²) < 4.78 is 7.31. The molecule has 0 saturated carbocycles. The third kappa shape index (κ3) is 2.70. The van der Waals surface area contributed by atoms with Crippen molar-refractivity contribution in [2.45, 2.75) is 26.4 Å². The van der Waals surface area contributed by atoms with Gasteiger partial charge >= 0.3 is 5.97 Å². The van der Waals surface area contributed by atoms with Crippen LogP contribution >= 0.6 is 0 Å². The Morgan fingerprint density at radius 1 is 1.28 bits per heavy atom. The van der Waals surface area contributed by atoms with Crippen molar-refractivity contribution in [3.05, 3.63) is 69.1 Å². The molecule has 1 aliphatic heterocycles. The highest BCUT2D eigenvalue weighted by Gasteiger charge is 2.33. The second-order valence-electron chi connectivity index (χ2n) is 6.34. The number of benzene rings is 1. The fraction of sp³-hybridized carbons (Fsp3) is 0.211. The van der Waals surface area contributed by atoms with Gasteiger partial charge < -0.3 is 9.84 Å². The van der Waals surface area contributed by atoms with E-state index >= 15 is 0 Å². The summed E-state index contributed by atoms with van der Waals surface area (Å²) in [4.78, 5) is 23.7. The summed E-state index contributed by atoms with van der Waals surface area (Å²) in [6, 6.07) is 9.54. The third-order valence-corrected chi connectivity index (χ3v) is 4.39. The summed E-state index contributed by atoms with van der Waals surface area (Å²) in [5.41, 5.74) is 1.27. The topological polar surface area (TPSA) is 92.3 Å². The van der Waals surface area contributed by atoms with Crippen LogP contribution in [0.2, 0.25) is 0 Å². The number of nitrogens with zero attached hydrogens (tertiary/aromatic N) is 2. The van der Waals surface area contributed by atoms with Gasteiger partial charge in [0.2, 0.25) is 0 Å². The first-order chi connectivity index (χ1) is 11.7. The molecule has 2 aromatic rings. The number of pyridine rings is 1. The summed E-state index contributed by atoms with van der Waals surface area (Å²) in [7, 11) is 0. The maximum atomic E-state index is 12.4. The largest absolute Gasteiger partial charge is 0.483 e. The predicted molar refractivity (Wildman–Crippen MR) is 91.5 cm³/mol. The normalized spacial score (nSPS) is 15.1. The molecule has 3 rings (SSSR count). The summed E-state index contributed by atoms with van der Waals surface area (Å²) in [5, 5.41) is 18.4. The van der Waals surface area contributed by atoms with Crippen molar-refractivity contribution in [1.29, 1.82) is 5.26 Å². The molecule has 6 heteroatoms. The fourth-order valence-electron chi connectivity index (χ4n) is 2.81. The van der Waals surface area contributed by atoms with E-state index in [0.717, 1.165) is 5.57 Å². The van der Waals surface area contributed by atoms with Crippen molar-refractivity contribution in [2.75, 3.05) is 0 Å². The maximum absolute atomic E-state index is 12.4. The first kappa shape index (κ1) is 16.5. The molecule has 0 amide bonds. The van der Waals surface area contributed by atoms with Gasteiger partial charge in [0.25, 0.3) is 5.56 Å². The zero-order valence-corrected chi connectivity index (χ0v) is 14.0. The molecule has 6 nitrogen and oxygen atoms in total. The Balaban J connectivity index is 2.37. The second kappa shape index (κ2) is 5.64. The highest BCUT2D eigenvalue weighted by atomic mass is 16.5. The number of ether oxygens (including phenoxy) is 1. The van der Waals surface area contributed by atoms with E-state index in [-0.39, 0.29) is 11.1 Å². The number of nitriles is 1. The number of carboxylic acids is 1. The van der Waals surface area contributed by atoms with Crippen molar-refractivity contribution in [1.82, 2.24) is 4.57 Å². The fourth-order valence-corrected chi connectivity index (χ4v) is 2.81. The molecular weight excluding hydrogens is 320 g/mol. The van der Waals surface area contributed by atoms with Crippen molar-refractivity contribution in [3.63, 3.8) is 0 Å². The average molecular weight is 336 g/mol. The first-order valence-corrected chi connectivity index (χ1v) is 7.66. The molecule has 2 heterocycles. The van der Waals surface area contributed by atoms with Crippen LogP contribution in [0, 0.1) is 11.3 Å². The van der Waals surface area contributed by atoms with E-state index in [1.54, 1.807) is 18.2 Å². The Bertz CT molecular complexity index is 1020. The highest BCUT2D eigenvalue weighted by molar-refractivity contribution is 5.88. The van der Waals surface area contributed by atoms with Gasteiger partial charge in [0.05, 0.1) is 22.9 Å². The molecule has 25 heavy (non-hydrogen) atoms. The van der Waals surface area contributed by atoms with Gasteiger partial charge in [0.1, 0.15) is 11.4 Å². The molecule has 0 saturated heterocycles. The lowest BCUT2D eigenvalue weighted by atomic mass is 9.90. The van der Waals surface area contributed by atoms with Crippen LogP contribution in [0.3, 0.4) is 0 Å². The van der Waals surface area contributed by atoms with E-state index < -0.39 is 11.6 Å². The molecule has 0 bridgehead atoms. The Hall–Kier alpha value is -3.33. The van der Waals surface area contributed by atoms with E-state index in [4.69, 9.17) is 4.74 Å². The molecule has 1 N–H and O–H groups in total. The van der Waals surface area contributed by atoms with Crippen molar-refractivity contribution >= 4 is 11.7 Å². The Labute approximate surface area is 144 Å². The quantitative estimate of drug-likeness (QED) is 0.910. The Kier molecular flexibility index (Phi) is 3.73. The van der Waals surface area contributed by atoms with E-state index in [2.05, 4.69) is 6.07 Å². The van der Waals surface area contributed by atoms with Gasteiger partial charge in [0, 0.05) is 17.8 Å². The summed E-state index contributed by atoms with van der Waals surface area (Å²) in [6.07, 6.45) is 1.30. The van der Waals surface area contributed by atoms with Gasteiger partial charge in [-0.1, -0.05) is 0 Å². The van der Waals surface area contributed by atoms with Gasteiger partial charge in [-0.05, 0) is 50.6 Å². The lowest BCUT2D eigenvalue weighted by Gasteiger charge is -2.36. The summed E-state index contributed by atoms with van der Waals surface area (Å²) >= 11 is 0. The van der Waals surface area contributed by atoms with Gasteiger partial charge in [0.15, 0.2) is 0 Å². The van der Waals surface area contributed by atoms with E-state index in [9.17, 15) is 20.0 Å². The number of hydrogen-bond acceptors (Lipinski definition) is 4. The standard InChI is InChI=1S/C19H16N2O4/c1-11-17(21-10-13(18(23)24)5-7-16(21)22)14-8-12(9-20)4-6-15(14)25-19(11,2)3/h4-8,10H,1-3H3,(H,23,24). The van der Waals surface area contributed by atoms with Crippen molar-refractivity contribution < 1.29 is 14.6 Å². The molecule has 0 atom stereocenters. The molecule has 0 aliphatic carbocycles. The van der Waals surface area contributed by atoms with Crippen LogP contribution in [0.5, 0.6) is 5.75 Å². The zero-order valence-electron chi connectivity index (χ0n) is 14.0. The van der Waals surface area contributed by atoms with Crippen LogP contribution in [0.15, 0.2) is 46.9 Å². The van der Waals surface area contributed by atoms with Gasteiger partial charge in [-0.3, -0.25) is 9.36 Å². The molecule has 0 unspecified atom stereocenters. The number of rotatable bonds is 2. The van der Waals surface area contributed by atoms with E-state index in [0.29, 0.717) is 22.6 Å². The minimum atomic E-state index is -1.12. The lowest BCUT2D eigenvalue weighted by molar-refractivity contribution is 0.0696. The molecule has 0 spiro atoms. The molecule has 0 fully saturated rings. The summed E-state index contributed by atoms with van der Waals surface area (Å²) in [5.74, 6) is -0.582. The number of carboxylic acid groups (broad SMARTS) is 1. The minimum absolute atomic E-state index is 0.00202. The maximum Gasteiger partial charge on any atom is 0.337 e. The number of fused-ring (bicyclic) bond motifs is 1. The van der Waals surface area contributed by atoms with Crippen LogP contribution < -0.4 is 10.3 Å². The zero-order chi connectivity index (χ0) is 18.4. The SMILES string of the molecule is CC1=C(n2cc(C(=O)O)ccc2=O)c2cc(C#N)ccc2OC1(C)C. The molecule has 1 aliphatic rings. The number of aromatic carboxylic acids is 1. The van der Waals surface area contributed by atoms with Crippen LogP contribution in [-0.4, -0.2) is 21.2 Å². The predicted octanol–water partition coefficient (Wildman–Crippen LogP) is 2.87. The van der Waals surface area contributed by atoms with Crippen LogP contribution in [0.4, 0.5) is 0 Å². The Morgan fingerprint density at radius 3 is 2.64 bits per heavy atom. The van der Waals surface area contributed by atoms with Crippen LogP contribution in [-0.2, 0) is 0 Å². The monoisotopic (exact) mass is 336 g/mol. The van der Waals surface area contributed by atoms with Crippen LogP contribution in [0.25, 0.3) is 5.70 Å². The van der Waals surface area contributed by atoms with E-state index in [1.165, 1.54) is 22.9 Å². The van der Waals surface area contributed by atoms with Gasteiger partial charge in [-0.25, -0.2) is 4.79 Å². The second-order valence-corrected chi connectivity index (χ2v) is 6.34. The summed E-state index contributed by atoms with van der Waals surface area (Å²) in [6.45, 7) is 5.57. The van der Waals surface area contributed by atoms with Gasteiger partial charge in [-0.2, -0.15) is 5.26 Å². The van der Waals surface area contributed by atoms with E-state index in [1.807, 2.05) is 20.8 Å². The van der Waals surface area contributed by atoms with Gasteiger partial charge in [-0.15, -0.1) is 0 Å². The lowest BCUT2D eigenvalue weighted by Crippen LogP contribution is -2.36. The number of hydrogen-bond donors (Lipinski definition) is 1. The van der Waals surface area contributed by atoms with Crippen molar-refractivity contribution in [3.8, 4) is 11.8 Å². The molecule has 0 radical (unpaired) electrons. The smallest absolute Gasteiger partial charge is 0.337 e. The molecule has 1 aromatic heterocycles.